The first kappa shape index (κ1) is 18.9. The number of benzene rings is 2. The quantitative estimate of drug-likeness (QED) is 0.871. The molecule has 0 saturated carbocycles. The van der Waals surface area contributed by atoms with E-state index < -0.39 is 15.6 Å². The fraction of sp³-hybridized carbons (Fsp3) is 0.316. The zero-order valence-corrected chi connectivity index (χ0v) is 16.7. The van der Waals surface area contributed by atoms with E-state index in [1.54, 1.807) is 49.6 Å². The minimum Gasteiger partial charge on any atom is -0.306 e. The lowest BCUT2D eigenvalue weighted by molar-refractivity contribution is 0.0987. The molecule has 0 spiro atoms. The van der Waals surface area contributed by atoms with Crippen LogP contribution in [0.2, 0.25) is 0 Å². The lowest BCUT2D eigenvalue weighted by Crippen LogP contribution is -2.40. The van der Waals surface area contributed by atoms with Gasteiger partial charge in [-0.3, -0.25) is 4.79 Å². The highest BCUT2D eigenvalue weighted by molar-refractivity contribution is 7.99. The van der Waals surface area contributed by atoms with Crippen LogP contribution in [0.15, 0.2) is 58.3 Å². The first-order chi connectivity index (χ1) is 12.2. The monoisotopic (exact) mass is 390 g/mol. The van der Waals surface area contributed by atoms with Crippen LogP contribution in [0.25, 0.3) is 0 Å². The molecule has 0 radical (unpaired) electrons. The van der Waals surface area contributed by atoms with Crippen LogP contribution in [0.1, 0.15) is 31.1 Å². The molecule has 0 saturated heterocycles. The molecule has 5 nitrogen and oxygen atoms in total. The number of thioether (sulfide) groups is 1. The van der Waals surface area contributed by atoms with Gasteiger partial charge in [0.05, 0.1) is 10.6 Å². The van der Waals surface area contributed by atoms with Crippen LogP contribution in [0, 0.1) is 0 Å². The lowest BCUT2D eigenvalue weighted by Gasteiger charge is -2.29. The topological polar surface area (TPSA) is 66.5 Å². The van der Waals surface area contributed by atoms with Crippen molar-refractivity contribution in [1.29, 1.82) is 0 Å². The summed E-state index contributed by atoms with van der Waals surface area (Å²) < 4.78 is 27.4. The Morgan fingerprint density at radius 2 is 1.73 bits per heavy atom. The predicted octanol–water partition coefficient (Wildman–Crippen LogP) is 3.52. The summed E-state index contributed by atoms with van der Waals surface area (Å²) >= 11 is 1.73. The van der Waals surface area contributed by atoms with Gasteiger partial charge < -0.3 is 4.90 Å². The van der Waals surface area contributed by atoms with E-state index in [9.17, 15) is 13.2 Å². The molecule has 0 unspecified atom stereocenters. The number of para-hydroxylation sites is 1. The van der Waals surface area contributed by atoms with Crippen LogP contribution in [0.5, 0.6) is 0 Å². The molecule has 1 heterocycles. The van der Waals surface area contributed by atoms with Gasteiger partial charge in [0.25, 0.3) is 5.91 Å². The standard InChI is InChI=1S/C19H22N2O3S2/c1-19(2,3)20-26(23,24)15-10-8-14(9-11-15)18(22)21-12-13-25-17-7-5-4-6-16(17)21/h4-11,20H,12-13H2,1-3H3. The van der Waals surface area contributed by atoms with Crippen molar-refractivity contribution < 1.29 is 13.2 Å². The van der Waals surface area contributed by atoms with Gasteiger partial charge in [-0.1, -0.05) is 12.1 Å². The second-order valence-electron chi connectivity index (χ2n) is 7.15. The number of amides is 1. The molecule has 1 N–H and O–H groups in total. The van der Waals surface area contributed by atoms with E-state index in [0.29, 0.717) is 12.1 Å². The van der Waals surface area contributed by atoms with Crippen molar-refractivity contribution >= 4 is 33.4 Å². The molecular weight excluding hydrogens is 368 g/mol. The zero-order chi connectivity index (χ0) is 18.9. The molecule has 3 rings (SSSR count). The molecule has 0 bridgehead atoms. The number of hydrogen-bond donors (Lipinski definition) is 1. The van der Waals surface area contributed by atoms with Crippen molar-refractivity contribution in [2.45, 2.75) is 36.1 Å². The maximum Gasteiger partial charge on any atom is 0.258 e. The van der Waals surface area contributed by atoms with E-state index in [2.05, 4.69) is 4.72 Å². The van der Waals surface area contributed by atoms with Gasteiger partial charge in [0.1, 0.15) is 0 Å². The normalized spacial score (nSPS) is 14.8. The summed E-state index contributed by atoms with van der Waals surface area (Å²) in [4.78, 5) is 15.9. The Bertz CT molecular complexity index is 917. The minimum atomic E-state index is -3.61. The molecule has 2 aromatic carbocycles. The highest BCUT2D eigenvalue weighted by atomic mass is 32.2. The maximum atomic E-state index is 12.9. The highest BCUT2D eigenvalue weighted by Gasteiger charge is 2.25. The Balaban J connectivity index is 1.85. The summed E-state index contributed by atoms with van der Waals surface area (Å²) in [6.07, 6.45) is 0. The fourth-order valence-corrected chi connectivity index (χ4v) is 5.19. The van der Waals surface area contributed by atoms with Crippen LogP contribution in [-0.2, 0) is 10.0 Å². The Morgan fingerprint density at radius 3 is 2.38 bits per heavy atom. The molecule has 0 atom stereocenters. The summed E-state index contributed by atoms with van der Waals surface area (Å²) in [5.74, 6) is 0.718. The summed E-state index contributed by atoms with van der Waals surface area (Å²) in [6.45, 7) is 5.99. The number of carbonyl (C=O) groups excluding carboxylic acids is 1. The van der Waals surface area contributed by atoms with E-state index in [4.69, 9.17) is 0 Å². The van der Waals surface area contributed by atoms with Gasteiger partial charge >= 0.3 is 0 Å². The molecule has 1 amide bonds. The van der Waals surface area contributed by atoms with Crippen LogP contribution >= 0.6 is 11.8 Å². The number of nitrogens with zero attached hydrogens (tertiary/aromatic N) is 1. The van der Waals surface area contributed by atoms with Crippen LogP contribution in [0.4, 0.5) is 5.69 Å². The molecule has 26 heavy (non-hydrogen) atoms. The summed E-state index contributed by atoms with van der Waals surface area (Å²) in [6, 6.07) is 13.9. The Morgan fingerprint density at radius 1 is 1.08 bits per heavy atom. The molecule has 1 aliphatic rings. The largest absolute Gasteiger partial charge is 0.306 e. The van der Waals surface area contributed by atoms with Gasteiger partial charge in [-0.15, -0.1) is 11.8 Å². The highest BCUT2D eigenvalue weighted by Crippen LogP contribution is 2.35. The second-order valence-corrected chi connectivity index (χ2v) is 9.97. The van der Waals surface area contributed by atoms with Gasteiger partial charge in [-0.2, -0.15) is 0 Å². The SMILES string of the molecule is CC(C)(C)NS(=O)(=O)c1ccc(C(=O)N2CCSc3ccccc32)cc1. The smallest absolute Gasteiger partial charge is 0.258 e. The van der Waals surface area contributed by atoms with Gasteiger partial charge in [0, 0.05) is 28.3 Å². The summed E-state index contributed by atoms with van der Waals surface area (Å²) in [5, 5.41) is 0. The molecule has 1 aliphatic heterocycles. The van der Waals surface area contributed by atoms with E-state index in [-0.39, 0.29) is 10.8 Å². The average Bonchev–Trinajstić information content (AvgIpc) is 2.59. The number of anilines is 1. The second kappa shape index (κ2) is 7.06. The molecule has 0 aromatic heterocycles. The van der Waals surface area contributed by atoms with E-state index >= 15 is 0 Å². The fourth-order valence-electron chi connectivity index (χ4n) is 2.78. The molecule has 7 heteroatoms. The molecular formula is C19H22N2O3S2. The number of nitrogens with one attached hydrogen (secondary N) is 1. The molecule has 2 aromatic rings. The third-order valence-corrected chi connectivity index (χ3v) is 6.64. The Hall–Kier alpha value is -1.83. The maximum absolute atomic E-state index is 12.9. The van der Waals surface area contributed by atoms with Gasteiger partial charge in [0.2, 0.25) is 10.0 Å². The predicted molar refractivity (Wildman–Crippen MR) is 105 cm³/mol. The molecule has 138 valence electrons. The Labute approximate surface area is 158 Å². The number of sulfonamides is 1. The van der Waals surface area contributed by atoms with E-state index in [1.165, 1.54) is 12.1 Å². The number of rotatable bonds is 3. The van der Waals surface area contributed by atoms with Gasteiger partial charge in [-0.25, -0.2) is 13.1 Å². The van der Waals surface area contributed by atoms with Crippen molar-refractivity contribution in [1.82, 2.24) is 4.72 Å². The Kier molecular flexibility index (Phi) is 5.14. The van der Waals surface area contributed by atoms with Gasteiger partial charge in [0.15, 0.2) is 0 Å². The summed E-state index contributed by atoms with van der Waals surface area (Å²) in [7, 11) is -3.61. The van der Waals surface area contributed by atoms with Crippen LogP contribution in [0.3, 0.4) is 0 Å². The van der Waals surface area contributed by atoms with E-state index in [0.717, 1.165) is 16.3 Å². The van der Waals surface area contributed by atoms with Gasteiger partial charge in [-0.05, 0) is 57.2 Å². The van der Waals surface area contributed by atoms with Crippen LogP contribution < -0.4 is 9.62 Å². The first-order valence-corrected chi connectivity index (χ1v) is 10.8. The van der Waals surface area contributed by atoms with Crippen molar-refractivity contribution in [2.24, 2.45) is 0 Å². The zero-order valence-electron chi connectivity index (χ0n) is 15.0. The molecule has 0 aliphatic carbocycles. The molecule has 0 fully saturated rings. The average molecular weight is 391 g/mol. The number of hydrogen-bond acceptors (Lipinski definition) is 4. The van der Waals surface area contributed by atoms with Crippen molar-refractivity contribution in [3.63, 3.8) is 0 Å². The van der Waals surface area contributed by atoms with E-state index in [1.807, 2.05) is 24.3 Å². The third kappa shape index (κ3) is 4.11. The van der Waals surface area contributed by atoms with Crippen LogP contribution in [-0.4, -0.2) is 32.2 Å². The first-order valence-electron chi connectivity index (χ1n) is 8.35. The lowest BCUT2D eigenvalue weighted by atomic mass is 10.1. The van der Waals surface area contributed by atoms with Crippen molar-refractivity contribution in [3.05, 3.63) is 54.1 Å². The number of carbonyl (C=O) groups is 1. The summed E-state index contributed by atoms with van der Waals surface area (Å²) in [5.41, 5.74) is 0.809. The van der Waals surface area contributed by atoms with Crippen molar-refractivity contribution in [2.75, 3.05) is 17.2 Å². The number of fused-ring (bicyclic) bond motifs is 1. The third-order valence-electron chi connectivity index (χ3n) is 3.83. The van der Waals surface area contributed by atoms with Crippen molar-refractivity contribution in [3.8, 4) is 0 Å². The minimum absolute atomic E-state index is 0.120.